The van der Waals surface area contributed by atoms with E-state index in [4.69, 9.17) is 5.11 Å². The molecule has 0 spiro atoms. The molecule has 108 valence electrons. The monoisotopic (exact) mass is 280 g/mol. The third kappa shape index (κ3) is 4.04. The fraction of sp³-hybridized carbons (Fsp3) is 0.385. The van der Waals surface area contributed by atoms with Crippen LogP contribution in [-0.2, 0) is 4.79 Å². The number of rotatable bonds is 6. The fourth-order valence-corrected chi connectivity index (χ4v) is 1.81. The molecule has 20 heavy (non-hydrogen) atoms. The fourth-order valence-electron chi connectivity index (χ4n) is 1.81. The predicted octanol–water partition coefficient (Wildman–Crippen LogP) is 1.84. The van der Waals surface area contributed by atoms with E-state index in [2.05, 4.69) is 0 Å². The molecule has 0 fully saturated rings. The van der Waals surface area contributed by atoms with Gasteiger partial charge in [0.05, 0.1) is 11.3 Å². The number of nitro benzene ring substituents is 1. The lowest BCUT2D eigenvalue weighted by atomic mass is 10.1. The van der Waals surface area contributed by atoms with Crippen LogP contribution in [0.2, 0.25) is 0 Å². The molecule has 0 bridgehead atoms. The topological polar surface area (TPSA) is 101 Å². The van der Waals surface area contributed by atoms with Gasteiger partial charge in [0.2, 0.25) is 0 Å². The van der Waals surface area contributed by atoms with Crippen LogP contribution in [0.3, 0.4) is 0 Å². The minimum absolute atomic E-state index is 0.0758. The number of carbonyl (C=O) groups excluding carboxylic acids is 1. The number of nitrogens with zero attached hydrogens (tertiary/aromatic N) is 2. The number of hydrogen-bond acceptors (Lipinski definition) is 4. The molecule has 1 N–H and O–H groups in total. The van der Waals surface area contributed by atoms with Gasteiger partial charge in [0.15, 0.2) is 0 Å². The highest BCUT2D eigenvalue weighted by Gasteiger charge is 2.18. The van der Waals surface area contributed by atoms with Crippen LogP contribution in [0, 0.1) is 17.0 Å². The zero-order chi connectivity index (χ0) is 15.3. The van der Waals surface area contributed by atoms with Crippen molar-refractivity contribution in [2.75, 3.05) is 13.1 Å². The molecule has 0 unspecified atom stereocenters. The van der Waals surface area contributed by atoms with Crippen LogP contribution in [0.25, 0.3) is 0 Å². The molecule has 0 aliphatic carbocycles. The Morgan fingerprint density at radius 1 is 1.35 bits per heavy atom. The molecule has 1 rings (SSSR count). The quantitative estimate of drug-likeness (QED) is 0.633. The molecule has 7 nitrogen and oxygen atoms in total. The van der Waals surface area contributed by atoms with E-state index >= 15 is 0 Å². The number of aliphatic carboxylic acids is 1. The number of carboxylic acid groups (broad SMARTS) is 1. The maximum atomic E-state index is 12.2. The van der Waals surface area contributed by atoms with Crippen molar-refractivity contribution in [3.8, 4) is 0 Å². The second-order valence-corrected chi connectivity index (χ2v) is 4.34. The lowest BCUT2D eigenvalue weighted by Gasteiger charge is -2.20. The number of carbonyl (C=O) groups is 2. The van der Waals surface area contributed by atoms with Crippen molar-refractivity contribution in [2.45, 2.75) is 20.3 Å². The first-order valence-corrected chi connectivity index (χ1v) is 6.12. The highest BCUT2D eigenvalue weighted by molar-refractivity contribution is 5.95. The van der Waals surface area contributed by atoms with Gasteiger partial charge in [-0.15, -0.1) is 0 Å². The molecule has 1 aromatic rings. The van der Waals surface area contributed by atoms with Crippen LogP contribution in [-0.4, -0.2) is 39.9 Å². The molecule has 1 aromatic carbocycles. The summed E-state index contributed by atoms with van der Waals surface area (Å²) in [7, 11) is 0. The summed E-state index contributed by atoms with van der Waals surface area (Å²) in [6, 6.07) is 4.14. The standard InChI is InChI=1S/C13H16N2O5/c1-3-14(5-4-12(16)17)13(18)10-6-9(2)7-11(8-10)15(19)20/h6-8H,3-5H2,1-2H3,(H,16,17). The van der Waals surface area contributed by atoms with E-state index in [-0.39, 0.29) is 24.2 Å². The maximum absolute atomic E-state index is 12.2. The van der Waals surface area contributed by atoms with E-state index in [1.807, 2.05) is 0 Å². The van der Waals surface area contributed by atoms with Crippen LogP contribution in [0.5, 0.6) is 0 Å². The number of hydrogen-bond donors (Lipinski definition) is 1. The SMILES string of the molecule is CCN(CCC(=O)O)C(=O)c1cc(C)cc([N+](=O)[O-])c1. The van der Waals surface area contributed by atoms with E-state index in [9.17, 15) is 19.7 Å². The minimum atomic E-state index is -0.994. The molecule has 0 saturated carbocycles. The van der Waals surface area contributed by atoms with Gasteiger partial charge in [0.1, 0.15) is 0 Å². The summed E-state index contributed by atoms with van der Waals surface area (Å²) in [5.41, 5.74) is 0.656. The average Bonchev–Trinajstić information content (AvgIpc) is 2.38. The molecule has 1 amide bonds. The van der Waals surface area contributed by atoms with Gasteiger partial charge in [0, 0.05) is 30.8 Å². The maximum Gasteiger partial charge on any atom is 0.305 e. The van der Waals surface area contributed by atoms with Gasteiger partial charge in [-0.25, -0.2) is 0 Å². The molecule has 7 heteroatoms. The summed E-state index contributed by atoms with van der Waals surface area (Å²) in [5.74, 6) is -1.40. The van der Waals surface area contributed by atoms with Gasteiger partial charge >= 0.3 is 5.97 Å². The van der Waals surface area contributed by atoms with Crippen molar-refractivity contribution in [3.63, 3.8) is 0 Å². The minimum Gasteiger partial charge on any atom is -0.481 e. The van der Waals surface area contributed by atoms with Gasteiger partial charge in [0.25, 0.3) is 11.6 Å². The van der Waals surface area contributed by atoms with Crippen LogP contribution >= 0.6 is 0 Å². The average molecular weight is 280 g/mol. The Hall–Kier alpha value is -2.44. The van der Waals surface area contributed by atoms with Gasteiger partial charge in [-0.05, 0) is 25.5 Å². The zero-order valence-electron chi connectivity index (χ0n) is 11.3. The van der Waals surface area contributed by atoms with Crippen molar-refractivity contribution < 1.29 is 19.6 Å². The number of amides is 1. The second kappa shape index (κ2) is 6.65. The number of benzene rings is 1. The normalized spacial score (nSPS) is 10.1. The predicted molar refractivity (Wildman–Crippen MR) is 71.7 cm³/mol. The highest BCUT2D eigenvalue weighted by Crippen LogP contribution is 2.18. The molecule has 0 aliphatic heterocycles. The molecule has 0 radical (unpaired) electrons. The van der Waals surface area contributed by atoms with Gasteiger partial charge < -0.3 is 10.0 Å². The first-order chi connectivity index (χ1) is 9.35. The van der Waals surface area contributed by atoms with E-state index in [0.717, 1.165) is 0 Å². The molecule has 0 aliphatic rings. The van der Waals surface area contributed by atoms with Gasteiger partial charge in [-0.2, -0.15) is 0 Å². The molecule has 0 heterocycles. The van der Waals surface area contributed by atoms with Crippen LogP contribution < -0.4 is 0 Å². The Balaban J connectivity index is 3.00. The zero-order valence-corrected chi connectivity index (χ0v) is 11.3. The number of carboxylic acids is 1. The van der Waals surface area contributed by atoms with Crippen molar-refractivity contribution >= 4 is 17.6 Å². The second-order valence-electron chi connectivity index (χ2n) is 4.34. The largest absolute Gasteiger partial charge is 0.481 e. The van der Waals surface area contributed by atoms with E-state index in [0.29, 0.717) is 12.1 Å². The Labute approximate surface area is 116 Å². The summed E-state index contributed by atoms with van der Waals surface area (Å²) < 4.78 is 0. The Morgan fingerprint density at radius 3 is 2.50 bits per heavy atom. The molecule has 0 atom stereocenters. The summed E-state index contributed by atoms with van der Waals surface area (Å²) >= 11 is 0. The summed E-state index contributed by atoms with van der Waals surface area (Å²) in [6.45, 7) is 3.81. The van der Waals surface area contributed by atoms with Crippen molar-refractivity contribution in [2.24, 2.45) is 0 Å². The molecule has 0 aromatic heterocycles. The first-order valence-electron chi connectivity index (χ1n) is 6.12. The van der Waals surface area contributed by atoms with E-state index < -0.39 is 16.8 Å². The van der Waals surface area contributed by atoms with Crippen LogP contribution in [0.15, 0.2) is 18.2 Å². The van der Waals surface area contributed by atoms with Gasteiger partial charge in [-0.1, -0.05) is 0 Å². The van der Waals surface area contributed by atoms with Crippen LogP contribution in [0.1, 0.15) is 29.3 Å². The summed E-state index contributed by atoms with van der Waals surface area (Å²) in [6.07, 6.45) is -0.159. The van der Waals surface area contributed by atoms with E-state index in [1.165, 1.54) is 17.0 Å². The number of aryl methyl sites for hydroxylation is 1. The Kier molecular flexibility index (Phi) is 5.19. The number of nitro groups is 1. The van der Waals surface area contributed by atoms with Crippen molar-refractivity contribution in [1.82, 2.24) is 4.90 Å². The molecular weight excluding hydrogens is 264 g/mol. The summed E-state index contributed by atoms with van der Waals surface area (Å²) in [5, 5.41) is 19.4. The lowest BCUT2D eigenvalue weighted by Crippen LogP contribution is -2.32. The smallest absolute Gasteiger partial charge is 0.305 e. The van der Waals surface area contributed by atoms with Crippen LogP contribution in [0.4, 0.5) is 5.69 Å². The first kappa shape index (κ1) is 15.6. The molecule has 0 saturated heterocycles. The van der Waals surface area contributed by atoms with Crippen molar-refractivity contribution in [1.29, 1.82) is 0 Å². The number of non-ortho nitro benzene ring substituents is 1. The van der Waals surface area contributed by atoms with Gasteiger partial charge in [-0.3, -0.25) is 19.7 Å². The summed E-state index contributed by atoms with van der Waals surface area (Å²) in [4.78, 5) is 34.4. The highest BCUT2D eigenvalue weighted by atomic mass is 16.6. The van der Waals surface area contributed by atoms with Crippen molar-refractivity contribution in [3.05, 3.63) is 39.4 Å². The Bertz CT molecular complexity index is 542. The third-order valence-electron chi connectivity index (χ3n) is 2.78. The Morgan fingerprint density at radius 2 is 2.00 bits per heavy atom. The third-order valence-corrected chi connectivity index (χ3v) is 2.78. The van der Waals surface area contributed by atoms with E-state index in [1.54, 1.807) is 19.9 Å². The molecular formula is C13H16N2O5. The lowest BCUT2D eigenvalue weighted by molar-refractivity contribution is -0.384.